The van der Waals surface area contributed by atoms with Gasteiger partial charge >= 0.3 is 0 Å². The maximum Gasteiger partial charge on any atom is 0.136 e. The molecule has 0 aromatic carbocycles. The SMILES string of the molecule is CC(C)CN(C)c1cc(N)nc(C2CC2)n1. The Labute approximate surface area is 96.9 Å². The van der Waals surface area contributed by atoms with Crippen LogP contribution in [0.15, 0.2) is 6.07 Å². The largest absolute Gasteiger partial charge is 0.384 e. The zero-order valence-corrected chi connectivity index (χ0v) is 10.3. The highest BCUT2D eigenvalue weighted by Gasteiger charge is 2.27. The van der Waals surface area contributed by atoms with Crippen LogP contribution in [0.4, 0.5) is 11.6 Å². The van der Waals surface area contributed by atoms with E-state index in [0.29, 0.717) is 17.7 Å². The van der Waals surface area contributed by atoms with Crippen molar-refractivity contribution in [3.05, 3.63) is 11.9 Å². The fraction of sp³-hybridized carbons (Fsp3) is 0.667. The quantitative estimate of drug-likeness (QED) is 0.843. The number of hydrogen-bond acceptors (Lipinski definition) is 4. The molecule has 0 saturated heterocycles. The summed E-state index contributed by atoms with van der Waals surface area (Å²) in [7, 11) is 2.05. The van der Waals surface area contributed by atoms with Crippen molar-refractivity contribution in [1.29, 1.82) is 0 Å². The van der Waals surface area contributed by atoms with Gasteiger partial charge in [-0.1, -0.05) is 13.8 Å². The third kappa shape index (κ3) is 2.62. The number of aromatic nitrogens is 2. The molecular weight excluding hydrogens is 200 g/mol. The summed E-state index contributed by atoms with van der Waals surface area (Å²) in [6, 6.07) is 1.86. The molecule has 1 aromatic heterocycles. The Morgan fingerprint density at radius 2 is 2.12 bits per heavy atom. The molecule has 0 aliphatic heterocycles. The predicted octanol–water partition coefficient (Wildman–Crippen LogP) is 2.03. The highest BCUT2D eigenvalue weighted by molar-refractivity contribution is 5.47. The molecule has 1 saturated carbocycles. The van der Waals surface area contributed by atoms with Gasteiger partial charge in [0.1, 0.15) is 17.5 Å². The summed E-state index contributed by atoms with van der Waals surface area (Å²) in [5, 5.41) is 0. The van der Waals surface area contributed by atoms with Crippen molar-refractivity contribution in [2.45, 2.75) is 32.6 Å². The van der Waals surface area contributed by atoms with Crippen LogP contribution in [0.5, 0.6) is 0 Å². The van der Waals surface area contributed by atoms with Crippen molar-refractivity contribution in [3.8, 4) is 0 Å². The van der Waals surface area contributed by atoms with Gasteiger partial charge < -0.3 is 10.6 Å². The van der Waals surface area contributed by atoms with Crippen LogP contribution in [0.1, 0.15) is 38.4 Å². The zero-order valence-electron chi connectivity index (χ0n) is 10.3. The maximum absolute atomic E-state index is 5.82. The van der Waals surface area contributed by atoms with Crippen molar-refractivity contribution in [1.82, 2.24) is 9.97 Å². The van der Waals surface area contributed by atoms with Gasteiger partial charge in [-0.05, 0) is 18.8 Å². The van der Waals surface area contributed by atoms with Gasteiger partial charge in [-0.3, -0.25) is 0 Å². The van der Waals surface area contributed by atoms with E-state index in [0.717, 1.165) is 18.2 Å². The second-order valence-corrected chi connectivity index (χ2v) is 5.06. The van der Waals surface area contributed by atoms with Crippen LogP contribution in [0.2, 0.25) is 0 Å². The molecule has 0 atom stereocenters. The van der Waals surface area contributed by atoms with E-state index in [2.05, 4.69) is 35.8 Å². The minimum Gasteiger partial charge on any atom is -0.384 e. The molecule has 1 aromatic rings. The average Bonchev–Trinajstić information content (AvgIpc) is 2.98. The van der Waals surface area contributed by atoms with Crippen molar-refractivity contribution in [3.63, 3.8) is 0 Å². The number of nitrogen functional groups attached to an aromatic ring is 1. The summed E-state index contributed by atoms with van der Waals surface area (Å²) in [5.41, 5.74) is 5.82. The molecule has 1 aliphatic rings. The minimum absolute atomic E-state index is 0.551. The first-order valence-electron chi connectivity index (χ1n) is 5.92. The lowest BCUT2D eigenvalue weighted by Crippen LogP contribution is -2.24. The molecule has 4 nitrogen and oxygen atoms in total. The van der Waals surface area contributed by atoms with E-state index in [1.54, 1.807) is 0 Å². The topological polar surface area (TPSA) is 55.0 Å². The number of nitrogens with two attached hydrogens (primary N) is 1. The molecular formula is C12H20N4. The van der Waals surface area contributed by atoms with Crippen molar-refractivity contribution < 1.29 is 0 Å². The van der Waals surface area contributed by atoms with Gasteiger partial charge in [0.05, 0.1) is 0 Å². The molecule has 0 radical (unpaired) electrons. The monoisotopic (exact) mass is 220 g/mol. The fourth-order valence-electron chi connectivity index (χ4n) is 1.83. The molecule has 0 unspecified atom stereocenters. The Bertz CT molecular complexity index is 371. The van der Waals surface area contributed by atoms with E-state index in [9.17, 15) is 0 Å². The Kier molecular flexibility index (Phi) is 2.99. The summed E-state index contributed by atoms with van der Waals surface area (Å²) in [6.45, 7) is 5.38. The molecule has 4 heteroatoms. The van der Waals surface area contributed by atoms with Crippen molar-refractivity contribution in [2.24, 2.45) is 5.92 Å². The van der Waals surface area contributed by atoms with Crippen LogP contribution < -0.4 is 10.6 Å². The molecule has 2 N–H and O–H groups in total. The highest BCUT2D eigenvalue weighted by Crippen LogP contribution is 2.38. The lowest BCUT2D eigenvalue weighted by atomic mass is 10.2. The first-order valence-corrected chi connectivity index (χ1v) is 5.92. The van der Waals surface area contributed by atoms with Crippen molar-refractivity contribution >= 4 is 11.6 Å². The summed E-state index contributed by atoms with van der Waals surface area (Å²) in [5.74, 6) is 3.62. The lowest BCUT2D eigenvalue weighted by Gasteiger charge is -2.21. The van der Waals surface area contributed by atoms with Gasteiger partial charge in [0.2, 0.25) is 0 Å². The van der Waals surface area contributed by atoms with Gasteiger partial charge in [0, 0.05) is 25.6 Å². The number of anilines is 2. The third-order valence-corrected chi connectivity index (χ3v) is 2.72. The molecule has 1 aliphatic carbocycles. The fourth-order valence-corrected chi connectivity index (χ4v) is 1.83. The zero-order chi connectivity index (χ0) is 11.7. The lowest BCUT2D eigenvalue weighted by molar-refractivity contribution is 0.633. The second-order valence-electron chi connectivity index (χ2n) is 5.06. The molecule has 0 bridgehead atoms. The van der Waals surface area contributed by atoms with Crippen LogP contribution >= 0.6 is 0 Å². The smallest absolute Gasteiger partial charge is 0.136 e. The molecule has 2 rings (SSSR count). The van der Waals surface area contributed by atoms with Gasteiger partial charge in [-0.15, -0.1) is 0 Å². The molecule has 0 amide bonds. The minimum atomic E-state index is 0.551. The van der Waals surface area contributed by atoms with Gasteiger partial charge in [-0.25, -0.2) is 9.97 Å². The second kappa shape index (κ2) is 4.28. The summed E-state index contributed by atoms with van der Waals surface area (Å²) in [6.07, 6.45) is 2.41. The maximum atomic E-state index is 5.82. The summed E-state index contributed by atoms with van der Waals surface area (Å²) >= 11 is 0. The molecule has 88 valence electrons. The Morgan fingerprint density at radius 1 is 1.44 bits per heavy atom. The van der Waals surface area contributed by atoms with E-state index in [4.69, 9.17) is 5.73 Å². The van der Waals surface area contributed by atoms with E-state index in [1.807, 2.05) is 6.07 Å². The number of hydrogen-bond donors (Lipinski definition) is 1. The standard InChI is InChI=1S/C12H20N4/c1-8(2)7-16(3)11-6-10(13)14-12(15-11)9-4-5-9/h6,8-9H,4-5,7H2,1-3H3,(H2,13,14,15). The molecule has 16 heavy (non-hydrogen) atoms. The summed E-state index contributed by atoms with van der Waals surface area (Å²) < 4.78 is 0. The van der Waals surface area contributed by atoms with E-state index >= 15 is 0 Å². The number of nitrogens with zero attached hydrogens (tertiary/aromatic N) is 3. The highest BCUT2D eigenvalue weighted by atomic mass is 15.2. The molecule has 0 spiro atoms. The van der Waals surface area contributed by atoms with Gasteiger partial charge in [0.15, 0.2) is 0 Å². The molecule has 1 fully saturated rings. The van der Waals surface area contributed by atoms with E-state index < -0.39 is 0 Å². The first-order chi connectivity index (χ1) is 7.56. The number of rotatable bonds is 4. The van der Waals surface area contributed by atoms with Crippen LogP contribution in [0, 0.1) is 5.92 Å². The van der Waals surface area contributed by atoms with E-state index in [1.165, 1.54) is 12.8 Å². The third-order valence-electron chi connectivity index (χ3n) is 2.72. The van der Waals surface area contributed by atoms with E-state index in [-0.39, 0.29) is 0 Å². The van der Waals surface area contributed by atoms with Crippen LogP contribution in [-0.2, 0) is 0 Å². The Morgan fingerprint density at radius 3 is 2.69 bits per heavy atom. The van der Waals surface area contributed by atoms with Crippen LogP contribution in [0.25, 0.3) is 0 Å². The predicted molar refractivity (Wildman–Crippen MR) is 66.5 cm³/mol. The first kappa shape index (κ1) is 11.2. The van der Waals surface area contributed by atoms with Gasteiger partial charge in [0.25, 0.3) is 0 Å². The van der Waals surface area contributed by atoms with Crippen molar-refractivity contribution in [2.75, 3.05) is 24.2 Å². The normalized spacial score (nSPS) is 15.5. The summed E-state index contributed by atoms with van der Waals surface area (Å²) in [4.78, 5) is 11.0. The average molecular weight is 220 g/mol. The Hall–Kier alpha value is -1.32. The molecule has 1 heterocycles. The van der Waals surface area contributed by atoms with Gasteiger partial charge in [-0.2, -0.15) is 0 Å². The Balaban J connectivity index is 2.19. The van der Waals surface area contributed by atoms with Crippen LogP contribution in [0.3, 0.4) is 0 Å². The van der Waals surface area contributed by atoms with Crippen LogP contribution in [-0.4, -0.2) is 23.6 Å².